The number of aromatic nitrogens is 4. The van der Waals surface area contributed by atoms with Crippen LogP contribution in [0, 0.1) is 0 Å². The van der Waals surface area contributed by atoms with Gasteiger partial charge in [0.1, 0.15) is 5.75 Å². The Labute approximate surface area is 180 Å². The van der Waals surface area contributed by atoms with Gasteiger partial charge in [0.15, 0.2) is 5.65 Å². The molecule has 0 amide bonds. The van der Waals surface area contributed by atoms with E-state index in [-0.39, 0.29) is 15.6 Å². The molecule has 3 aromatic heterocycles. The second kappa shape index (κ2) is 7.05. The van der Waals surface area contributed by atoms with E-state index in [1.165, 1.54) is 28.0 Å². The van der Waals surface area contributed by atoms with Crippen LogP contribution in [-0.2, 0) is 9.84 Å². The lowest BCUT2D eigenvalue weighted by Gasteiger charge is -2.07. The van der Waals surface area contributed by atoms with Crippen LogP contribution in [-0.4, -0.2) is 35.3 Å². The normalized spacial score (nSPS) is 11.9. The zero-order chi connectivity index (χ0) is 20.9. The van der Waals surface area contributed by atoms with E-state index < -0.39 is 9.84 Å². The summed E-state index contributed by atoms with van der Waals surface area (Å²) < 4.78 is 34.1. The van der Waals surface area contributed by atoms with Crippen LogP contribution in [0.25, 0.3) is 27.1 Å². The van der Waals surface area contributed by atoms with Gasteiger partial charge in [-0.25, -0.2) is 13.4 Å². The van der Waals surface area contributed by atoms with E-state index in [4.69, 9.17) is 16.3 Å². The smallest absolute Gasteiger partial charge is 0.229 e. The molecule has 0 spiro atoms. The van der Waals surface area contributed by atoms with Gasteiger partial charge in [0.25, 0.3) is 0 Å². The molecule has 10 heteroatoms. The first kappa shape index (κ1) is 19.0. The molecule has 5 rings (SSSR count). The first-order chi connectivity index (χ1) is 14.5. The second-order valence-corrected chi connectivity index (χ2v) is 9.64. The molecular formula is C20H13ClN4O3S2. The maximum atomic E-state index is 13.3. The third-order valence-corrected chi connectivity index (χ3v) is 7.42. The largest absolute Gasteiger partial charge is 0.497 e. The van der Waals surface area contributed by atoms with E-state index in [9.17, 15) is 8.42 Å². The van der Waals surface area contributed by atoms with Crippen molar-refractivity contribution in [2.24, 2.45) is 0 Å². The lowest BCUT2D eigenvalue weighted by molar-refractivity contribution is 0.415. The second-order valence-electron chi connectivity index (χ2n) is 6.42. The van der Waals surface area contributed by atoms with Crippen molar-refractivity contribution in [3.63, 3.8) is 0 Å². The van der Waals surface area contributed by atoms with Crippen LogP contribution < -0.4 is 4.74 Å². The summed E-state index contributed by atoms with van der Waals surface area (Å²) >= 11 is 7.49. The number of halogens is 1. The monoisotopic (exact) mass is 456 g/mol. The number of nitrogens with zero attached hydrogens (tertiary/aromatic N) is 4. The van der Waals surface area contributed by atoms with Gasteiger partial charge in [-0.05, 0) is 41.8 Å². The number of fused-ring (bicyclic) bond motifs is 3. The summed E-state index contributed by atoms with van der Waals surface area (Å²) in [5, 5.41) is 10.0. The van der Waals surface area contributed by atoms with Crippen molar-refractivity contribution in [2.75, 3.05) is 7.11 Å². The van der Waals surface area contributed by atoms with Crippen LogP contribution >= 0.6 is 22.9 Å². The molecule has 2 aromatic carbocycles. The fourth-order valence-electron chi connectivity index (χ4n) is 3.21. The molecule has 7 nitrogen and oxygen atoms in total. The van der Waals surface area contributed by atoms with Crippen molar-refractivity contribution < 1.29 is 13.2 Å². The summed E-state index contributed by atoms with van der Waals surface area (Å²) in [4.78, 5) is 4.71. The first-order valence-electron chi connectivity index (χ1n) is 8.77. The number of methoxy groups -OCH3 is 1. The minimum atomic E-state index is -3.97. The third kappa shape index (κ3) is 2.94. The molecule has 0 bridgehead atoms. The maximum absolute atomic E-state index is 13.3. The lowest BCUT2D eigenvalue weighted by Crippen LogP contribution is -2.04. The molecule has 0 atom stereocenters. The average Bonchev–Trinajstić information content (AvgIpc) is 3.40. The van der Waals surface area contributed by atoms with Gasteiger partial charge in [0, 0.05) is 10.6 Å². The summed E-state index contributed by atoms with van der Waals surface area (Å²) in [6, 6.07) is 15.4. The third-order valence-electron chi connectivity index (χ3n) is 4.63. The van der Waals surface area contributed by atoms with Gasteiger partial charge in [0.05, 0.1) is 27.9 Å². The van der Waals surface area contributed by atoms with E-state index in [1.807, 2.05) is 35.7 Å². The van der Waals surface area contributed by atoms with Crippen molar-refractivity contribution in [1.82, 2.24) is 19.8 Å². The van der Waals surface area contributed by atoms with E-state index >= 15 is 0 Å². The van der Waals surface area contributed by atoms with Crippen LogP contribution in [0.15, 0.2) is 69.9 Å². The fourth-order valence-corrected chi connectivity index (χ4v) is 5.63. The fraction of sp³-hybridized carbons (Fsp3) is 0.0500. The molecule has 0 aliphatic carbocycles. The Balaban J connectivity index is 1.81. The quantitative estimate of drug-likeness (QED) is 0.395. The Morgan fingerprint density at radius 1 is 1.10 bits per heavy atom. The van der Waals surface area contributed by atoms with Gasteiger partial charge < -0.3 is 4.74 Å². The Morgan fingerprint density at radius 2 is 1.93 bits per heavy atom. The lowest BCUT2D eigenvalue weighted by atomic mass is 10.1. The average molecular weight is 457 g/mol. The van der Waals surface area contributed by atoms with Gasteiger partial charge >= 0.3 is 0 Å². The van der Waals surface area contributed by atoms with E-state index in [2.05, 4.69) is 15.3 Å². The van der Waals surface area contributed by atoms with Gasteiger partial charge in [0.2, 0.25) is 14.9 Å². The van der Waals surface area contributed by atoms with E-state index in [0.29, 0.717) is 16.5 Å². The highest BCUT2D eigenvalue weighted by atomic mass is 35.5. The number of hydrogen-bond acceptors (Lipinski definition) is 7. The van der Waals surface area contributed by atoms with Crippen molar-refractivity contribution in [3.05, 3.63) is 65.0 Å². The molecule has 0 N–H and O–H groups in total. The Bertz CT molecular complexity index is 1530. The molecule has 0 aliphatic heterocycles. The summed E-state index contributed by atoms with van der Waals surface area (Å²) in [5.41, 5.74) is 2.31. The number of sulfone groups is 1. The zero-order valence-corrected chi connectivity index (χ0v) is 17.9. The van der Waals surface area contributed by atoms with Crippen LogP contribution in [0.4, 0.5) is 0 Å². The Kier molecular flexibility index (Phi) is 4.46. The van der Waals surface area contributed by atoms with Crippen LogP contribution in [0.5, 0.6) is 5.75 Å². The Morgan fingerprint density at radius 3 is 2.73 bits per heavy atom. The minimum absolute atomic E-state index is 0.0348. The number of ether oxygens (including phenoxy) is 1. The number of benzene rings is 2. The summed E-state index contributed by atoms with van der Waals surface area (Å²) in [6.07, 6.45) is 0. The molecule has 0 fully saturated rings. The highest BCUT2D eigenvalue weighted by Gasteiger charge is 2.27. The van der Waals surface area contributed by atoms with Crippen LogP contribution in [0.3, 0.4) is 0 Å². The highest BCUT2D eigenvalue weighted by molar-refractivity contribution is 7.91. The molecule has 0 aliphatic rings. The van der Waals surface area contributed by atoms with Crippen LogP contribution in [0.1, 0.15) is 0 Å². The minimum Gasteiger partial charge on any atom is -0.497 e. The molecule has 3 heterocycles. The predicted molar refractivity (Wildman–Crippen MR) is 115 cm³/mol. The highest BCUT2D eigenvalue weighted by Crippen LogP contribution is 2.35. The molecule has 0 saturated carbocycles. The van der Waals surface area contributed by atoms with E-state index in [0.717, 1.165) is 15.8 Å². The summed E-state index contributed by atoms with van der Waals surface area (Å²) in [6.45, 7) is 0. The van der Waals surface area contributed by atoms with Gasteiger partial charge in [-0.3, -0.25) is 0 Å². The first-order valence-corrected chi connectivity index (χ1v) is 11.5. The number of rotatable bonds is 4. The SMILES string of the molecule is COc1cccc(-c2nc3c(S(=O)(=O)c4cccc(Cl)c4)nnn3c3ccsc23)c1. The van der Waals surface area contributed by atoms with Crippen LogP contribution in [0.2, 0.25) is 5.02 Å². The molecular weight excluding hydrogens is 444 g/mol. The van der Waals surface area contributed by atoms with Crippen molar-refractivity contribution in [2.45, 2.75) is 9.92 Å². The number of thiophene rings is 1. The van der Waals surface area contributed by atoms with Crippen molar-refractivity contribution in [3.8, 4) is 17.0 Å². The van der Waals surface area contributed by atoms with Gasteiger partial charge in [-0.1, -0.05) is 35.0 Å². The molecule has 0 radical (unpaired) electrons. The molecule has 150 valence electrons. The predicted octanol–water partition coefficient (Wildman–Crippen LogP) is 4.50. The maximum Gasteiger partial charge on any atom is 0.229 e. The van der Waals surface area contributed by atoms with Gasteiger partial charge in [-0.2, -0.15) is 4.52 Å². The van der Waals surface area contributed by atoms with E-state index in [1.54, 1.807) is 19.2 Å². The molecule has 0 unspecified atom stereocenters. The summed E-state index contributed by atoms with van der Waals surface area (Å²) in [5.74, 6) is 0.678. The topological polar surface area (TPSA) is 86.5 Å². The van der Waals surface area contributed by atoms with Crippen molar-refractivity contribution in [1.29, 1.82) is 0 Å². The summed E-state index contributed by atoms with van der Waals surface area (Å²) in [7, 11) is -2.38. The molecule has 5 aromatic rings. The standard InChI is InChI=1S/C20H13ClN4O3S2/c1-28-14-6-2-4-12(10-14)17-18-16(8-9-29-18)25-19(22-17)20(23-24-25)30(26,27)15-7-3-5-13(21)11-15/h2-11H,1H3. The van der Waals surface area contributed by atoms with Gasteiger partial charge in [-0.15, -0.1) is 16.4 Å². The number of hydrogen-bond donors (Lipinski definition) is 0. The zero-order valence-electron chi connectivity index (χ0n) is 15.5. The molecule has 0 saturated heterocycles. The van der Waals surface area contributed by atoms with Crippen molar-refractivity contribution >= 4 is 48.6 Å². The Hall–Kier alpha value is -3.01. The molecule has 30 heavy (non-hydrogen) atoms.